The van der Waals surface area contributed by atoms with Crippen LogP contribution in [0.4, 0.5) is 0 Å². The summed E-state index contributed by atoms with van der Waals surface area (Å²) in [7, 11) is 0. The third kappa shape index (κ3) is 2.00. The molecule has 5 rings (SSSR count). The first kappa shape index (κ1) is 13.8. The zero-order chi connectivity index (χ0) is 16.1. The van der Waals surface area contributed by atoms with Crippen LogP contribution >= 0.6 is 15.9 Å². The van der Waals surface area contributed by atoms with Crippen LogP contribution in [0.2, 0.25) is 0 Å². The molecule has 1 nitrogen and oxygen atoms in total. The molecule has 0 aliphatic carbocycles. The molecule has 0 unspecified atom stereocenters. The normalized spacial score (nSPS) is 11.5. The van der Waals surface area contributed by atoms with E-state index in [1.165, 1.54) is 10.8 Å². The fourth-order valence-electron chi connectivity index (χ4n) is 3.38. The molecule has 0 amide bonds. The minimum Gasteiger partial charge on any atom is -0.455 e. The maximum atomic E-state index is 6.37. The van der Waals surface area contributed by atoms with Gasteiger partial charge in [0.15, 0.2) is 0 Å². The molecule has 5 aromatic rings. The zero-order valence-electron chi connectivity index (χ0n) is 12.8. The van der Waals surface area contributed by atoms with Gasteiger partial charge >= 0.3 is 0 Å². The van der Waals surface area contributed by atoms with Gasteiger partial charge in [-0.3, -0.25) is 0 Å². The summed E-state index contributed by atoms with van der Waals surface area (Å²) < 4.78 is 7.45. The van der Waals surface area contributed by atoms with E-state index in [-0.39, 0.29) is 0 Å². The summed E-state index contributed by atoms with van der Waals surface area (Å²) in [6.45, 7) is 0. The Kier molecular flexibility index (Phi) is 3.00. The van der Waals surface area contributed by atoms with Gasteiger partial charge in [-0.15, -0.1) is 0 Å². The minimum absolute atomic E-state index is 0.950. The lowest BCUT2D eigenvalue weighted by Gasteiger charge is -2.02. The van der Waals surface area contributed by atoms with Crippen molar-refractivity contribution >= 4 is 48.6 Å². The van der Waals surface area contributed by atoms with Gasteiger partial charge in [0.25, 0.3) is 0 Å². The van der Waals surface area contributed by atoms with E-state index in [0.29, 0.717) is 0 Å². The van der Waals surface area contributed by atoms with Crippen LogP contribution in [0.3, 0.4) is 0 Å². The van der Waals surface area contributed by atoms with Crippen molar-refractivity contribution in [3.63, 3.8) is 0 Å². The molecule has 0 N–H and O–H groups in total. The predicted molar refractivity (Wildman–Crippen MR) is 104 cm³/mol. The van der Waals surface area contributed by atoms with Crippen molar-refractivity contribution in [3.8, 4) is 11.1 Å². The monoisotopic (exact) mass is 372 g/mol. The minimum atomic E-state index is 0.950. The van der Waals surface area contributed by atoms with Crippen molar-refractivity contribution in [1.82, 2.24) is 0 Å². The highest BCUT2D eigenvalue weighted by molar-refractivity contribution is 9.10. The molecule has 0 atom stereocenters. The van der Waals surface area contributed by atoms with Gasteiger partial charge in [-0.05, 0) is 29.1 Å². The van der Waals surface area contributed by atoms with Crippen LogP contribution in [0.1, 0.15) is 0 Å². The number of hydrogen-bond donors (Lipinski definition) is 0. The highest BCUT2D eigenvalue weighted by atomic mass is 79.9. The van der Waals surface area contributed by atoms with Gasteiger partial charge in [0, 0.05) is 26.2 Å². The Balaban J connectivity index is 1.90. The lowest BCUT2D eigenvalue weighted by molar-refractivity contribution is 0.674. The van der Waals surface area contributed by atoms with Crippen LogP contribution in [0.25, 0.3) is 43.8 Å². The largest absolute Gasteiger partial charge is 0.455 e. The number of rotatable bonds is 1. The molecule has 24 heavy (non-hydrogen) atoms. The van der Waals surface area contributed by atoms with E-state index >= 15 is 0 Å². The summed E-state index contributed by atoms with van der Waals surface area (Å²) >= 11 is 3.50. The van der Waals surface area contributed by atoms with Crippen LogP contribution in [0.5, 0.6) is 0 Å². The van der Waals surface area contributed by atoms with E-state index in [1.54, 1.807) is 0 Å². The van der Waals surface area contributed by atoms with E-state index in [1.807, 2.05) is 0 Å². The number of fused-ring (bicyclic) bond motifs is 5. The average molecular weight is 373 g/mol. The van der Waals surface area contributed by atoms with Gasteiger partial charge < -0.3 is 4.42 Å². The first-order valence-electron chi connectivity index (χ1n) is 7.90. The summed E-state index contributed by atoms with van der Waals surface area (Å²) in [6.07, 6.45) is 0. The molecular formula is C22H13BrO. The molecule has 0 saturated carbocycles. The highest BCUT2D eigenvalue weighted by Crippen LogP contribution is 2.38. The Morgan fingerprint density at radius 2 is 1.33 bits per heavy atom. The molecule has 114 valence electrons. The molecule has 0 saturated heterocycles. The number of hydrogen-bond acceptors (Lipinski definition) is 1. The SMILES string of the molecule is Brc1ccc(-c2cccc3c2oc2c4ccccc4ccc32)cc1. The molecule has 0 bridgehead atoms. The van der Waals surface area contributed by atoms with E-state index in [4.69, 9.17) is 4.42 Å². The Hall–Kier alpha value is -2.58. The van der Waals surface area contributed by atoms with E-state index in [2.05, 4.69) is 94.8 Å². The molecular weight excluding hydrogens is 360 g/mol. The van der Waals surface area contributed by atoms with Crippen molar-refractivity contribution in [2.75, 3.05) is 0 Å². The van der Waals surface area contributed by atoms with Gasteiger partial charge in [-0.25, -0.2) is 0 Å². The van der Waals surface area contributed by atoms with Gasteiger partial charge in [0.05, 0.1) is 0 Å². The molecule has 1 heterocycles. The summed E-state index contributed by atoms with van der Waals surface area (Å²) in [5.74, 6) is 0. The summed E-state index contributed by atoms with van der Waals surface area (Å²) in [6, 6.07) is 27.4. The molecule has 0 radical (unpaired) electrons. The Morgan fingerprint density at radius 3 is 2.21 bits per heavy atom. The smallest absolute Gasteiger partial charge is 0.143 e. The first-order valence-corrected chi connectivity index (χ1v) is 8.69. The van der Waals surface area contributed by atoms with E-state index in [0.717, 1.165) is 37.5 Å². The maximum Gasteiger partial charge on any atom is 0.143 e. The van der Waals surface area contributed by atoms with Gasteiger partial charge in [-0.1, -0.05) is 76.6 Å². The maximum absolute atomic E-state index is 6.37. The summed E-state index contributed by atoms with van der Waals surface area (Å²) in [5, 5.41) is 4.70. The fourth-order valence-corrected chi connectivity index (χ4v) is 3.65. The number of para-hydroxylation sites is 1. The molecule has 0 fully saturated rings. The average Bonchev–Trinajstić information content (AvgIpc) is 3.02. The second-order valence-corrected chi connectivity index (χ2v) is 6.87. The third-order valence-electron chi connectivity index (χ3n) is 4.54. The van der Waals surface area contributed by atoms with Crippen molar-refractivity contribution in [3.05, 3.63) is 83.3 Å². The second-order valence-electron chi connectivity index (χ2n) is 5.95. The Bertz CT molecular complexity index is 1200. The summed E-state index contributed by atoms with van der Waals surface area (Å²) in [4.78, 5) is 0. The zero-order valence-corrected chi connectivity index (χ0v) is 14.4. The number of halogens is 1. The van der Waals surface area contributed by atoms with E-state index in [9.17, 15) is 0 Å². The van der Waals surface area contributed by atoms with Gasteiger partial charge in [0.1, 0.15) is 11.2 Å². The molecule has 0 spiro atoms. The molecule has 0 aliphatic rings. The van der Waals surface area contributed by atoms with Crippen LogP contribution < -0.4 is 0 Å². The van der Waals surface area contributed by atoms with Crippen LogP contribution in [-0.4, -0.2) is 0 Å². The van der Waals surface area contributed by atoms with Crippen molar-refractivity contribution < 1.29 is 4.42 Å². The number of benzene rings is 4. The predicted octanol–water partition coefficient (Wildman–Crippen LogP) is 7.17. The van der Waals surface area contributed by atoms with Crippen molar-refractivity contribution in [2.24, 2.45) is 0 Å². The first-order chi connectivity index (χ1) is 11.8. The molecule has 4 aromatic carbocycles. The summed E-state index contributed by atoms with van der Waals surface area (Å²) in [5.41, 5.74) is 4.20. The van der Waals surface area contributed by atoms with Gasteiger partial charge in [0.2, 0.25) is 0 Å². The van der Waals surface area contributed by atoms with Crippen LogP contribution in [0, 0.1) is 0 Å². The highest BCUT2D eigenvalue weighted by Gasteiger charge is 2.13. The lowest BCUT2D eigenvalue weighted by atomic mass is 10.0. The Morgan fingerprint density at radius 1 is 0.583 bits per heavy atom. The van der Waals surface area contributed by atoms with Crippen LogP contribution in [-0.2, 0) is 0 Å². The topological polar surface area (TPSA) is 13.1 Å². The molecule has 1 aromatic heterocycles. The quantitative estimate of drug-likeness (QED) is 0.304. The van der Waals surface area contributed by atoms with Crippen molar-refractivity contribution in [2.45, 2.75) is 0 Å². The molecule has 2 heteroatoms. The molecule has 0 aliphatic heterocycles. The van der Waals surface area contributed by atoms with Crippen molar-refractivity contribution in [1.29, 1.82) is 0 Å². The van der Waals surface area contributed by atoms with E-state index < -0.39 is 0 Å². The fraction of sp³-hybridized carbons (Fsp3) is 0. The third-order valence-corrected chi connectivity index (χ3v) is 5.07. The lowest BCUT2D eigenvalue weighted by Crippen LogP contribution is -1.78. The van der Waals surface area contributed by atoms with Gasteiger partial charge in [-0.2, -0.15) is 0 Å². The van der Waals surface area contributed by atoms with Crippen LogP contribution in [0.15, 0.2) is 87.8 Å². The number of furan rings is 1. The second kappa shape index (κ2) is 5.22. The standard InChI is InChI=1S/C22H13BrO/c23-16-11-8-15(9-12-16)18-6-3-7-19-20-13-10-14-4-1-2-5-17(14)22(20)24-21(18)19/h1-13H. The Labute approximate surface area is 147 Å².